The first kappa shape index (κ1) is 17.7. The first-order valence-corrected chi connectivity index (χ1v) is 9.38. The van der Waals surface area contributed by atoms with Crippen LogP contribution >= 0.6 is 23.2 Å². The second kappa shape index (κ2) is 7.20. The summed E-state index contributed by atoms with van der Waals surface area (Å²) in [7, 11) is 0. The van der Waals surface area contributed by atoms with Crippen LogP contribution in [-0.4, -0.2) is 26.4 Å². The molecule has 29 heavy (non-hydrogen) atoms. The van der Waals surface area contributed by atoms with Crippen molar-refractivity contribution in [2.75, 3.05) is 5.43 Å². The molecule has 0 radical (unpaired) electrons. The Bertz CT molecular complexity index is 1370. The van der Waals surface area contributed by atoms with E-state index in [0.29, 0.717) is 32.7 Å². The SMILES string of the molecule is Clc1ccc(-c2ccc(/C=N/Nc3nnc4c(n3)[nH]c3ccccc34)o2)c(Cl)c1. The molecule has 0 bridgehead atoms. The highest BCUT2D eigenvalue weighted by atomic mass is 35.5. The third-order valence-electron chi connectivity index (χ3n) is 4.30. The minimum Gasteiger partial charge on any atom is -0.455 e. The number of furan rings is 1. The highest BCUT2D eigenvalue weighted by Crippen LogP contribution is 2.31. The van der Waals surface area contributed by atoms with Gasteiger partial charge in [-0.05, 0) is 36.4 Å². The Morgan fingerprint density at radius 2 is 1.93 bits per heavy atom. The molecule has 5 aromatic rings. The maximum Gasteiger partial charge on any atom is 0.265 e. The summed E-state index contributed by atoms with van der Waals surface area (Å²) < 4.78 is 5.76. The normalized spacial score (nSPS) is 11.7. The van der Waals surface area contributed by atoms with E-state index in [4.69, 9.17) is 27.6 Å². The molecule has 0 spiro atoms. The van der Waals surface area contributed by atoms with Gasteiger partial charge in [-0.3, -0.25) is 0 Å². The van der Waals surface area contributed by atoms with Crippen molar-refractivity contribution in [3.05, 3.63) is 70.4 Å². The van der Waals surface area contributed by atoms with Crippen molar-refractivity contribution >= 4 is 57.4 Å². The highest BCUT2D eigenvalue weighted by Gasteiger charge is 2.09. The van der Waals surface area contributed by atoms with E-state index in [1.165, 1.54) is 6.21 Å². The lowest BCUT2D eigenvalue weighted by molar-refractivity contribution is 0.575. The van der Waals surface area contributed by atoms with Gasteiger partial charge in [0.15, 0.2) is 5.65 Å². The van der Waals surface area contributed by atoms with Gasteiger partial charge < -0.3 is 9.40 Å². The Kier molecular flexibility index (Phi) is 4.38. The number of aromatic amines is 1. The quantitative estimate of drug-likeness (QED) is 0.293. The number of fused-ring (bicyclic) bond motifs is 3. The number of hydrogen-bond acceptors (Lipinski definition) is 6. The molecule has 142 valence electrons. The van der Waals surface area contributed by atoms with Gasteiger partial charge in [-0.15, -0.1) is 10.2 Å². The molecule has 0 aliphatic carbocycles. The van der Waals surface area contributed by atoms with Crippen LogP contribution in [0.3, 0.4) is 0 Å². The molecule has 7 nitrogen and oxygen atoms in total. The third kappa shape index (κ3) is 3.41. The molecule has 0 amide bonds. The molecule has 0 saturated heterocycles. The maximum atomic E-state index is 6.22. The summed E-state index contributed by atoms with van der Waals surface area (Å²) in [4.78, 5) is 7.61. The lowest BCUT2D eigenvalue weighted by atomic mass is 10.2. The Hall–Kier alpha value is -3.42. The molecule has 0 atom stereocenters. The summed E-state index contributed by atoms with van der Waals surface area (Å²) in [6.45, 7) is 0. The Labute approximate surface area is 174 Å². The van der Waals surface area contributed by atoms with Gasteiger partial charge in [0.25, 0.3) is 5.95 Å². The molecule has 0 fully saturated rings. The molecule has 3 heterocycles. The zero-order valence-corrected chi connectivity index (χ0v) is 16.2. The first-order chi connectivity index (χ1) is 14.2. The van der Waals surface area contributed by atoms with Crippen molar-refractivity contribution in [3.63, 3.8) is 0 Å². The van der Waals surface area contributed by atoms with Crippen molar-refractivity contribution in [2.24, 2.45) is 5.10 Å². The lowest BCUT2D eigenvalue weighted by Gasteiger charge is -2.00. The van der Waals surface area contributed by atoms with Crippen LogP contribution in [-0.2, 0) is 0 Å². The van der Waals surface area contributed by atoms with E-state index in [1.807, 2.05) is 30.3 Å². The molecule has 0 unspecified atom stereocenters. The molecule has 2 N–H and O–H groups in total. The summed E-state index contributed by atoms with van der Waals surface area (Å²) in [6, 6.07) is 16.6. The van der Waals surface area contributed by atoms with Crippen molar-refractivity contribution < 1.29 is 4.42 Å². The molecule has 0 aliphatic heterocycles. The van der Waals surface area contributed by atoms with E-state index >= 15 is 0 Å². The fourth-order valence-electron chi connectivity index (χ4n) is 2.98. The Morgan fingerprint density at radius 3 is 2.83 bits per heavy atom. The van der Waals surface area contributed by atoms with E-state index in [1.54, 1.807) is 24.3 Å². The Morgan fingerprint density at radius 1 is 1.03 bits per heavy atom. The van der Waals surface area contributed by atoms with Crippen LogP contribution in [0.5, 0.6) is 0 Å². The van der Waals surface area contributed by atoms with E-state index < -0.39 is 0 Å². The number of aromatic nitrogens is 4. The van der Waals surface area contributed by atoms with Gasteiger partial charge in [0.05, 0.1) is 11.2 Å². The third-order valence-corrected chi connectivity index (χ3v) is 4.85. The Balaban J connectivity index is 1.35. The summed E-state index contributed by atoms with van der Waals surface area (Å²) >= 11 is 12.1. The fraction of sp³-hybridized carbons (Fsp3) is 0. The predicted molar refractivity (Wildman–Crippen MR) is 115 cm³/mol. The largest absolute Gasteiger partial charge is 0.455 e. The molecule has 0 saturated carbocycles. The molecule has 3 aromatic heterocycles. The van der Waals surface area contributed by atoms with Gasteiger partial charge in [-0.2, -0.15) is 10.1 Å². The number of hydrogen-bond donors (Lipinski definition) is 2. The van der Waals surface area contributed by atoms with E-state index in [9.17, 15) is 0 Å². The topological polar surface area (TPSA) is 92.0 Å². The van der Waals surface area contributed by atoms with Gasteiger partial charge in [0.2, 0.25) is 0 Å². The van der Waals surface area contributed by atoms with Crippen molar-refractivity contribution in [2.45, 2.75) is 0 Å². The molecular formula is C20H12Cl2N6O. The van der Waals surface area contributed by atoms with Gasteiger partial charge in [-0.25, -0.2) is 5.43 Å². The first-order valence-electron chi connectivity index (χ1n) is 8.63. The average molecular weight is 423 g/mol. The van der Waals surface area contributed by atoms with Crippen LogP contribution in [0.4, 0.5) is 5.95 Å². The van der Waals surface area contributed by atoms with E-state index in [-0.39, 0.29) is 5.95 Å². The average Bonchev–Trinajstić information content (AvgIpc) is 3.32. The highest BCUT2D eigenvalue weighted by molar-refractivity contribution is 6.36. The number of halogens is 2. The molecular weight excluding hydrogens is 411 g/mol. The van der Waals surface area contributed by atoms with Gasteiger partial charge in [0.1, 0.15) is 17.0 Å². The van der Waals surface area contributed by atoms with Crippen LogP contribution in [0.25, 0.3) is 33.4 Å². The monoisotopic (exact) mass is 422 g/mol. The lowest BCUT2D eigenvalue weighted by Crippen LogP contribution is -1.98. The fourth-order valence-corrected chi connectivity index (χ4v) is 3.48. The molecule has 2 aromatic carbocycles. The number of rotatable bonds is 4. The summed E-state index contributed by atoms with van der Waals surface area (Å²) in [5.74, 6) is 1.43. The molecule has 0 aliphatic rings. The zero-order chi connectivity index (χ0) is 19.8. The van der Waals surface area contributed by atoms with Crippen molar-refractivity contribution in [1.82, 2.24) is 20.2 Å². The molecule has 9 heteroatoms. The number of para-hydroxylation sites is 1. The van der Waals surface area contributed by atoms with Gasteiger partial charge in [0, 0.05) is 21.5 Å². The number of benzene rings is 2. The van der Waals surface area contributed by atoms with Crippen LogP contribution in [0.15, 0.2) is 64.1 Å². The number of H-pyrrole nitrogens is 1. The van der Waals surface area contributed by atoms with Gasteiger partial charge in [-0.1, -0.05) is 41.4 Å². The minimum absolute atomic E-state index is 0.271. The second-order valence-electron chi connectivity index (χ2n) is 6.20. The number of nitrogens with zero attached hydrogens (tertiary/aromatic N) is 4. The van der Waals surface area contributed by atoms with E-state index in [2.05, 4.69) is 30.7 Å². The zero-order valence-electron chi connectivity index (χ0n) is 14.7. The number of hydrazone groups is 1. The summed E-state index contributed by atoms with van der Waals surface area (Å²) in [5.41, 5.74) is 5.81. The number of nitrogens with one attached hydrogen (secondary N) is 2. The summed E-state index contributed by atoms with van der Waals surface area (Å²) in [5, 5.41) is 14.5. The minimum atomic E-state index is 0.271. The van der Waals surface area contributed by atoms with Crippen molar-refractivity contribution in [1.29, 1.82) is 0 Å². The second-order valence-corrected chi connectivity index (χ2v) is 7.04. The van der Waals surface area contributed by atoms with E-state index in [0.717, 1.165) is 16.5 Å². The van der Waals surface area contributed by atoms with Crippen LogP contribution in [0, 0.1) is 0 Å². The summed E-state index contributed by atoms with van der Waals surface area (Å²) in [6.07, 6.45) is 1.52. The van der Waals surface area contributed by atoms with Crippen LogP contribution in [0.2, 0.25) is 10.0 Å². The molecule has 5 rings (SSSR count). The predicted octanol–water partition coefficient (Wildman–Crippen LogP) is 5.52. The smallest absolute Gasteiger partial charge is 0.265 e. The van der Waals surface area contributed by atoms with Crippen LogP contribution < -0.4 is 5.43 Å². The van der Waals surface area contributed by atoms with Gasteiger partial charge >= 0.3 is 0 Å². The standard InChI is InChI=1S/C20H12Cl2N6O/c21-11-5-7-13(15(22)9-11)17-8-6-12(29-17)10-23-27-20-25-19-18(26-28-20)14-3-1-2-4-16(14)24-19/h1-10H,(H2,24,25,27,28)/b23-10+. The van der Waals surface area contributed by atoms with Crippen LogP contribution in [0.1, 0.15) is 5.76 Å². The number of anilines is 1. The maximum absolute atomic E-state index is 6.22. The van der Waals surface area contributed by atoms with Crippen molar-refractivity contribution in [3.8, 4) is 11.3 Å².